The summed E-state index contributed by atoms with van der Waals surface area (Å²) < 4.78 is 32.0. The normalized spacial score (nSPS) is 13.0. The van der Waals surface area contributed by atoms with Gasteiger partial charge in [0, 0.05) is 29.1 Å². The summed E-state index contributed by atoms with van der Waals surface area (Å²) in [6.45, 7) is 0. The molecule has 1 heterocycles. The Bertz CT molecular complexity index is 904. The topological polar surface area (TPSA) is 134 Å². The number of thioether (sulfide) groups is 1. The third kappa shape index (κ3) is 5.48. The van der Waals surface area contributed by atoms with Gasteiger partial charge in [-0.05, 0) is 12.8 Å². The van der Waals surface area contributed by atoms with Crippen LogP contribution in [0.15, 0.2) is 35.5 Å². The molecule has 2 aromatic rings. The average Bonchev–Trinajstić information content (AvgIpc) is 2.88. The monoisotopic (exact) mass is 401 g/mol. The van der Waals surface area contributed by atoms with E-state index in [1.54, 1.807) is 6.20 Å². The Labute approximate surface area is 154 Å². The van der Waals surface area contributed by atoms with E-state index >= 15 is 0 Å². The lowest BCUT2D eigenvalue weighted by Crippen LogP contribution is -2.20. The zero-order chi connectivity index (χ0) is 19.3. The Kier molecular flexibility index (Phi) is 6.68. The van der Waals surface area contributed by atoms with Crippen LogP contribution in [-0.4, -0.2) is 51.2 Å². The van der Waals surface area contributed by atoms with Crippen LogP contribution < -0.4 is 0 Å². The van der Waals surface area contributed by atoms with Crippen molar-refractivity contribution >= 4 is 44.6 Å². The van der Waals surface area contributed by atoms with Crippen molar-refractivity contribution in [2.45, 2.75) is 30.3 Å². The van der Waals surface area contributed by atoms with Crippen molar-refractivity contribution in [2.24, 2.45) is 0 Å². The van der Waals surface area contributed by atoms with Gasteiger partial charge in [-0.1, -0.05) is 24.3 Å². The molecule has 0 radical (unpaired) electrons. The molecule has 3 N–H and O–H groups in total. The highest BCUT2D eigenvalue weighted by Gasteiger charge is 2.24. The molecule has 0 aliphatic heterocycles. The maximum absolute atomic E-state index is 11.7. The van der Waals surface area contributed by atoms with Crippen molar-refractivity contribution in [1.29, 1.82) is 0 Å². The van der Waals surface area contributed by atoms with E-state index in [-0.39, 0.29) is 25.0 Å². The number of carboxylic acids is 2. The maximum Gasteiger partial charge on any atom is 0.326 e. The van der Waals surface area contributed by atoms with Gasteiger partial charge in [0.25, 0.3) is 10.1 Å². The van der Waals surface area contributed by atoms with E-state index in [1.165, 1.54) is 16.3 Å². The molecule has 0 aliphatic carbocycles. The summed E-state index contributed by atoms with van der Waals surface area (Å²) in [5.74, 6) is -2.22. The van der Waals surface area contributed by atoms with E-state index in [9.17, 15) is 23.1 Å². The highest BCUT2D eigenvalue weighted by atomic mass is 32.2. The number of nitrogens with zero attached hydrogens (tertiary/aromatic N) is 1. The molecule has 0 bridgehead atoms. The van der Waals surface area contributed by atoms with Crippen molar-refractivity contribution in [3.05, 3.63) is 30.5 Å². The molecule has 0 spiro atoms. The third-order valence-electron chi connectivity index (χ3n) is 3.74. The fourth-order valence-electron chi connectivity index (χ4n) is 2.59. The van der Waals surface area contributed by atoms with Gasteiger partial charge in [-0.3, -0.25) is 9.35 Å². The van der Waals surface area contributed by atoms with Gasteiger partial charge >= 0.3 is 11.9 Å². The molecule has 2 rings (SSSR count). The van der Waals surface area contributed by atoms with E-state index in [4.69, 9.17) is 9.66 Å². The minimum atomic E-state index is -4.05. The lowest BCUT2D eigenvalue weighted by molar-refractivity contribution is -0.142. The van der Waals surface area contributed by atoms with E-state index in [0.29, 0.717) is 10.8 Å². The SMILES string of the molecule is O=C(O)CC[C@@H](C(=O)O)n1cc2ccccc2c1SCCCS(=O)(=O)O. The average molecular weight is 401 g/mol. The first-order chi connectivity index (χ1) is 12.2. The van der Waals surface area contributed by atoms with Crippen molar-refractivity contribution in [3.63, 3.8) is 0 Å². The van der Waals surface area contributed by atoms with Crippen LogP contribution in [-0.2, 0) is 19.7 Å². The summed E-state index contributed by atoms with van der Waals surface area (Å²) in [4.78, 5) is 22.5. The standard InChI is InChI=1S/C16H19NO7S2/c18-14(19)7-6-13(16(20)21)17-10-11-4-1-2-5-12(11)15(17)25-8-3-9-26(22,23)24/h1-2,4-5,10,13H,3,6-9H2,(H,18,19)(H,20,21)(H,22,23,24)/t13-/m0/s1. The lowest BCUT2D eigenvalue weighted by Gasteiger charge is -2.17. The number of carbonyl (C=O) groups is 2. The summed E-state index contributed by atoms with van der Waals surface area (Å²) >= 11 is 1.28. The maximum atomic E-state index is 11.7. The number of benzene rings is 1. The highest BCUT2D eigenvalue weighted by Crippen LogP contribution is 2.34. The van der Waals surface area contributed by atoms with Gasteiger partial charge in [0.1, 0.15) is 6.04 Å². The predicted molar refractivity (Wildman–Crippen MR) is 97.2 cm³/mol. The zero-order valence-corrected chi connectivity index (χ0v) is 15.4. The van der Waals surface area contributed by atoms with Gasteiger partial charge in [-0.15, -0.1) is 11.8 Å². The van der Waals surface area contributed by atoms with E-state index in [0.717, 1.165) is 10.8 Å². The molecular formula is C16H19NO7S2. The van der Waals surface area contributed by atoms with Gasteiger partial charge in [-0.25, -0.2) is 4.79 Å². The molecule has 142 valence electrons. The van der Waals surface area contributed by atoms with Crippen LogP contribution in [0.4, 0.5) is 0 Å². The number of rotatable bonds is 10. The van der Waals surface area contributed by atoms with E-state index in [2.05, 4.69) is 0 Å². The van der Waals surface area contributed by atoms with Crippen LogP contribution in [0, 0.1) is 0 Å². The summed E-state index contributed by atoms with van der Waals surface area (Å²) in [6.07, 6.45) is 1.53. The smallest absolute Gasteiger partial charge is 0.326 e. The van der Waals surface area contributed by atoms with Crippen LogP contribution in [0.5, 0.6) is 0 Å². The Morgan fingerprint density at radius 1 is 1.19 bits per heavy atom. The minimum Gasteiger partial charge on any atom is -0.481 e. The molecule has 8 nitrogen and oxygen atoms in total. The zero-order valence-electron chi connectivity index (χ0n) is 13.7. The van der Waals surface area contributed by atoms with E-state index < -0.39 is 28.1 Å². The second-order valence-electron chi connectivity index (χ2n) is 5.70. The largest absolute Gasteiger partial charge is 0.481 e. The van der Waals surface area contributed by atoms with Crippen molar-refractivity contribution in [2.75, 3.05) is 11.5 Å². The number of carboxylic acid groups (broad SMARTS) is 2. The van der Waals surface area contributed by atoms with Crippen molar-refractivity contribution in [3.8, 4) is 0 Å². The van der Waals surface area contributed by atoms with E-state index in [1.807, 2.05) is 24.3 Å². The third-order valence-corrected chi connectivity index (χ3v) is 5.74. The van der Waals surface area contributed by atoms with Gasteiger partial charge in [0.05, 0.1) is 10.8 Å². The Morgan fingerprint density at radius 2 is 1.88 bits per heavy atom. The fraction of sp³-hybridized carbons (Fsp3) is 0.375. The summed E-state index contributed by atoms with van der Waals surface area (Å²) in [7, 11) is -4.05. The first-order valence-corrected chi connectivity index (χ1v) is 10.4. The van der Waals surface area contributed by atoms with Gasteiger partial charge in [-0.2, -0.15) is 8.42 Å². The Morgan fingerprint density at radius 3 is 2.50 bits per heavy atom. The quantitative estimate of drug-likeness (QED) is 0.314. The van der Waals surface area contributed by atoms with Gasteiger partial charge < -0.3 is 14.8 Å². The molecule has 10 heteroatoms. The van der Waals surface area contributed by atoms with Crippen LogP contribution in [0.25, 0.3) is 10.8 Å². The number of fused-ring (bicyclic) bond motifs is 1. The summed E-state index contributed by atoms with van der Waals surface area (Å²) in [5, 5.41) is 20.6. The molecule has 1 aromatic carbocycles. The van der Waals surface area contributed by atoms with Crippen LogP contribution in [0.1, 0.15) is 25.3 Å². The molecule has 1 atom stereocenters. The van der Waals surface area contributed by atoms with Crippen LogP contribution >= 0.6 is 11.8 Å². The van der Waals surface area contributed by atoms with Crippen LogP contribution in [0.2, 0.25) is 0 Å². The van der Waals surface area contributed by atoms with Gasteiger partial charge in [0.15, 0.2) is 0 Å². The number of aromatic nitrogens is 1. The molecular weight excluding hydrogens is 382 g/mol. The minimum absolute atomic E-state index is 0.0652. The molecule has 1 aromatic heterocycles. The first kappa shape index (κ1) is 20.3. The molecule has 0 unspecified atom stereocenters. The predicted octanol–water partition coefficient (Wildman–Crippen LogP) is 2.50. The molecule has 0 amide bonds. The Balaban J connectivity index is 2.31. The second kappa shape index (κ2) is 8.56. The van der Waals surface area contributed by atoms with Crippen molar-refractivity contribution in [1.82, 2.24) is 4.57 Å². The van der Waals surface area contributed by atoms with Gasteiger partial charge in [0.2, 0.25) is 0 Å². The molecule has 26 heavy (non-hydrogen) atoms. The molecule has 0 aliphatic rings. The summed E-state index contributed by atoms with van der Waals surface area (Å²) in [6, 6.07) is 6.23. The van der Waals surface area contributed by atoms with Crippen LogP contribution in [0.3, 0.4) is 0 Å². The fourth-order valence-corrected chi connectivity index (χ4v) is 4.43. The lowest BCUT2D eigenvalue weighted by atomic mass is 10.1. The summed E-state index contributed by atoms with van der Waals surface area (Å²) in [5.41, 5.74) is 0. The Hall–Kier alpha value is -2.04. The first-order valence-electron chi connectivity index (χ1n) is 7.81. The highest BCUT2D eigenvalue weighted by molar-refractivity contribution is 7.99. The number of hydrogen-bond acceptors (Lipinski definition) is 5. The number of hydrogen-bond donors (Lipinski definition) is 3. The number of aliphatic carboxylic acids is 2. The van der Waals surface area contributed by atoms with Crippen molar-refractivity contribution < 1.29 is 32.8 Å². The molecule has 0 saturated carbocycles. The molecule has 0 fully saturated rings. The second-order valence-corrected chi connectivity index (χ2v) is 8.36. The molecule has 0 saturated heterocycles.